The lowest BCUT2D eigenvalue weighted by Gasteiger charge is -2.13. The number of anilines is 1. The van der Waals surface area contributed by atoms with Crippen LogP contribution in [0.1, 0.15) is 11.1 Å². The number of nitrogens with one attached hydrogen (secondary N) is 1. The van der Waals surface area contributed by atoms with Gasteiger partial charge in [-0.2, -0.15) is 5.26 Å². The van der Waals surface area contributed by atoms with Gasteiger partial charge in [-0.1, -0.05) is 58.4 Å². The van der Waals surface area contributed by atoms with Crippen LogP contribution in [0.3, 0.4) is 0 Å². The number of nitriles is 1. The summed E-state index contributed by atoms with van der Waals surface area (Å²) >= 11 is 3.35. The summed E-state index contributed by atoms with van der Waals surface area (Å²) in [5, 5.41) is 14.2. The van der Waals surface area contributed by atoms with Crippen molar-refractivity contribution in [1.29, 1.82) is 5.26 Å². The number of halogens is 2. The molecule has 6 heteroatoms. The lowest BCUT2D eigenvalue weighted by molar-refractivity contribution is -0.112. The van der Waals surface area contributed by atoms with Crippen LogP contribution >= 0.6 is 15.9 Å². The van der Waals surface area contributed by atoms with E-state index in [1.54, 1.807) is 42.5 Å². The fourth-order valence-corrected chi connectivity index (χ4v) is 3.63. The highest BCUT2D eigenvalue weighted by atomic mass is 79.9. The van der Waals surface area contributed by atoms with E-state index in [1.807, 2.05) is 36.4 Å². The minimum atomic E-state index is -0.524. The van der Waals surface area contributed by atoms with Crippen LogP contribution in [0.2, 0.25) is 0 Å². The van der Waals surface area contributed by atoms with Gasteiger partial charge in [0, 0.05) is 15.7 Å². The molecule has 1 amide bonds. The van der Waals surface area contributed by atoms with Crippen LogP contribution < -0.4 is 10.1 Å². The molecule has 0 aliphatic heterocycles. The van der Waals surface area contributed by atoms with E-state index in [9.17, 15) is 14.4 Å². The maximum absolute atomic E-state index is 13.5. The molecule has 0 fully saturated rings. The number of amides is 1. The molecule has 4 aromatic rings. The molecule has 0 bridgehead atoms. The van der Waals surface area contributed by atoms with Gasteiger partial charge in [0.05, 0.1) is 0 Å². The fraction of sp³-hybridized carbons (Fsp3) is 0.0370. The van der Waals surface area contributed by atoms with Crippen molar-refractivity contribution in [2.45, 2.75) is 6.61 Å². The lowest BCUT2D eigenvalue weighted by Crippen LogP contribution is -2.13. The first-order chi connectivity index (χ1) is 16.0. The van der Waals surface area contributed by atoms with Crippen molar-refractivity contribution >= 4 is 44.4 Å². The number of benzene rings is 4. The van der Waals surface area contributed by atoms with Crippen molar-refractivity contribution in [3.05, 3.63) is 112 Å². The molecule has 0 aliphatic carbocycles. The van der Waals surface area contributed by atoms with Crippen LogP contribution in [0.25, 0.3) is 16.8 Å². The molecule has 0 saturated carbocycles. The van der Waals surface area contributed by atoms with Crippen LogP contribution in [0.15, 0.2) is 95.0 Å². The Morgan fingerprint density at radius 3 is 2.58 bits per heavy atom. The Hall–Kier alpha value is -3.95. The molecular weight excluding hydrogens is 483 g/mol. The first-order valence-electron chi connectivity index (χ1n) is 10.1. The van der Waals surface area contributed by atoms with Gasteiger partial charge in [0.1, 0.15) is 29.8 Å². The SMILES string of the molecule is N#C/C(=C\c1c(OCc2cccc(F)c2)ccc2ccccc12)C(=O)Nc1ccc(Br)cc1. The average Bonchev–Trinajstić information content (AvgIpc) is 2.83. The van der Waals surface area contributed by atoms with Crippen molar-refractivity contribution in [2.24, 2.45) is 0 Å². The van der Waals surface area contributed by atoms with Gasteiger partial charge in [-0.25, -0.2) is 4.39 Å². The van der Waals surface area contributed by atoms with E-state index in [-0.39, 0.29) is 18.0 Å². The molecule has 1 N–H and O–H groups in total. The highest BCUT2D eigenvalue weighted by Gasteiger charge is 2.14. The van der Waals surface area contributed by atoms with Crippen LogP contribution in [0.4, 0.5) is 10.1 Å². The summed E-state index contributed by atoms with van der Waals surface area (Å²) < 4.78 is 20.4. The van der Waals surface area contributed by atoms with Gasteiger partial charge >= 0.3 is 0 Å². The van der Waals surface area contributed by atoms with Crippen molar-refractivity contribution in [3.8, 4) is 11.8 Å². The second-order valence-corrected chi connectivity index (χ2v) is 8.16. The van der Waals surface area contributed by atoms with Crippen molar-refractivity contribution in [1.82, 2.24) is 0 Å². The molecule has 0 aliphatic rings. The minimum Gasteiger partial charge on any atom is -0.488 e. The lowest BCUT2D eigenvalue weighted by atomic mass is 10.0. The zero-order valence-corrected chi connectivity index (χ0v) is 19.0. The van der Waals surface area contributed by atoms with Gasteiger partial charge in [0.15, 0.2) is 0 Å². The predicted octanol–water partition coefficient (Wildman–Crippen LogP) is 6.87. The summed E-state index contributed by atoms with van der Waals surface area (Å²) in [6, 6.07) is 26.6. The molecule has 4 rings (SSSR count). The van der Waals surface area contributed by atoms with Gasteiger partial charge in [0.2, 0.25) is 0 Å². The normalized spacial score (nSPS) is 11.1. The van der Waals surface area contributed by atoms with E-state index >= 15 is 0 Å². The molecule has 0 spiro atoms. The number of nitrogens with zero attached hydrogens (tertiary/aromatic N) is 1. The molecule has 162 valence electrons. The topological polar surface area (TPSA) is 62.1 Å². The fourth-order valence-electron chi connectivity index (χ4n) is 3.36. The van der Waals surface area contributed by atoms with E-state index in [4.69, 9.17) is 4.74 Å². The summed E-state index contributed by atoms with van der Waals surface area (Å²) in [6.07, 6.45) is 1.53. The first-order valence-corrected chi connectivity index (χ1v) is 10.9. The van der Waals surface area contributed by atoms with E-state index in [1.165, 1.54) is 18.2 Å². The Balaban J connectivity index is 1.69. The first kappa shape index (κ1) is 22.3. The number of hydrogen-bond acceptors (Lipinski definition) is 3. The molecule has 4 nitrogen and oxygen atoms in total. The van der Waals surface area contributed by atoms with E-state index < -0.39 is 5.91 Å². The minimum absolute atomic E-state index is 0.0649. The number of hydrogen-bond donors (Lipinski definition) is 1. The van der Waals surface area contributed by atoms with Crippen molar-refractivity contribution in [3.63, 3.8) is 0 Å². The van der Waals surface area contributed by atoms with Crippen LogP contribution in [-0.2, 0) is 11.4 Å². The molecule has 0 aromatic heterocycles. The van der Waals surface area contributed by atoms with Gasteiger partial charge in [0.25, 0.3) is 5.91 Å². The predicted molar refractivity (Wildman–Crippen MR) is 131 cm³/mol. The Kier molecular flexibility index (Phi) is 6.82. The summed E-state index contributed by atoms with van der Waals surface area (Å²) in [5.74, 6) is -0.378. The third-order valence-electron chi connectivity index (χ3n) is 4.97. The zero-order chi connectivity index (χ0) is 23.2. The Bertz CT molecular complexity index is 1390. The average molecular weight is 501 g/mol. The number of carbonyl (C=O) groups is 1. The largest absolute Gasteiger partial charge is 0.488 e. The second-order valence-electron chi connectivity index (χ2n) is 7.25. The molecule has 0 saturated heterocycles. The van der Waals surface area contributed by atoms with Gasteiger partial charge in [-0.15, -0.1) is 0 Å². The van der Waals surface area contributed by atoms with Crippen LogP contribution in [0, 0.1) is 17.1 Å². The molecule has 4 aromatic carbocycles. The van der Waals surface area contributed by atoms with E-state index in [2.05, 4.69) is 21.2 Å². The Morgan fingerprint density at radius 2 is 1.82 bits per heavy atom. The molecule has 33 heavy (non-hydrogen) atoms. The monoisotopic (exact) mass is 500 g/mol. The van der Waals surface area contributed by atoms with Crippen LogP contribution in [0.5, 0.6) is 5.75 Å². The Morgan fingerprint density at radius 1 is 1.03 bits per heavy atom. The van der Waals surface area contributed by atoms with Gasteiger partial charge in [-0.05, 0) is 64.9 Å². The molecule has 0 heterocycles. The summed E-state index contributed by atoms with van der Waals surface area (Å²) in [7, 11) is 0. The van der Waals surface area contributed by atoms with E-state index in [0.29, 0.717) is 22.6 Å². The smallest absolute Gasteiger partial charge is 0.266 e. The summed E-state index contributed by atoms with van der Waals surface area (Å²) in [6.45, 7) is 0.143. The Labute approximate surface area is 199 Å². The maximum Gasteiger partial charge on any atom is 0.266 e. The molecule has 0 unspecified atom stereocenters. The van der Waals surface area contributed by atoms with Crippen LogP contribution in [-0.4, -0.2) is 5.91 Å². The standard InChI is InChI=1S/C27H18BrFN2O2/c28-21-9-11-23(12-10-21)31-27(32)20(16-30)15-25-24-7-2-1-5-19(24)8-13-26(25)33-17-18-4-3-6-22(29)14-18/h1-15H,17H2,(H,31,32)/b20-15+. The third kappa shape index (κ3) is 5.46. The van der Waals surface area contributed by atoms with E-state index in [0.717, 1.165) is 15.2 Å². The highest BCUT2D eigenvalue weighted by Crippen LogP contribution is 2.31. The third-order valence-corrected chi connectivity index (χ3v) is 5.50. The summed E-state index contributed by atoms with van der Waals surface area (Å²) in [5.41, 5.74) is 1.79. The highest BCUT2D eigenvalue weighted by molar-refractivity contribution is 9.10. The maximum atomic E-state index is 13.5. The number of fused-ring (bicyclic) bond motifs is 1. The molecule has 0 radical (unpaired) electrons. The molecule has 0 atom stereocenters. The molecular formula is C27H18BrFN2O2. The number of rotatable bonds is 6. The van der Waals surface area contributed by atoms with Crippen molar-refractivity contribution in [2.75, 3.05) is 5.32 Å². The zero-order valence-electron chi connectivity index (χ0n) is 17.4. The summed E-state index contributed by atoms with van der Waals surface area (Å²) in [4.78, 5) is 12.8. The van der Waals surface area contributed by atoms with Gasteiger partial charge in [-0.3, -0.25) is 4.79 Å². The number of ether oxygens (including phenoxy) is 1. The van der Waals surface area contributed by atoms with Crippen molar-refractivity contribution < 1.29 is 13.9 Å². The number of carbonyl (C=O) groups excluding carboxylic acids is 1. The van der Waals surface area contributed by atoms with Gasteiger partial charge < -0.3 is 10.1 Å². The second kappa shape index (κ2) is 10.1. The quantitative estimate of drug-likeness (QED) is 0.232.